The van der Waals surface area contributed by atoms with Crippen molar-refractivity contribution in [3.63, 3.8) is 0 Å². The number of halogens is 1. The fraction of sp³-hybridized carbons (Fsp3) is 0.125. The minimum absolute atomic E-state index is 0.230. The predicted molar refractivity (Wildman–Crippen MR) is 83.4 cm³/mol. The maximum Gasteiger partial charge on any atom is 0.242 e. The number of nitrogens with zero attached hydrogens (tertiary/aromatic N) is 1. The first kappa shape index (κ1) is 13.6. The number of carbonyl (C=O) groups excluding carboxylic acids is 1. The maximum atomic E-state index is 11.5. The molecule has 0 aliphatic rings. The third-order valence-corrected chi connectivity index (χ3v) is 3.25. The highest BCUT2D eigenvalue weighted by Gasteiger charge is 2.10. The molecule has 4 nitrogen and oxygen atoms in total. The highest BCUT2D eigenvalue weighted by molar-refractivity contribution is 6.32. The van der Waals surface area contributed by atoms with Gasteiger partial charge in [0.2, 0.25) is 11.8 Å². The fourth-order valence-corrected chi connectivity index (χ4v) is 1.99. The zero-order valence-electron chi connectivity index (χ0n) is 11.3. The molecule has 0 spiro atoms. The molecule has 2 aromatic carbocycles. The van der Waals surface area contributed by atoms with Gasteiger partial charge in [0.1, 0.15) is 10.9 Å². The minimum Gasteiger partial charge on any atom is -0.436 e. The van der Waals surface area contributed by atoms with Gasteiger partial charge in [-0.3, -0.25) is 4.79 Å². The number of aromatic nitrogens is 1. The van der Waals surface area contributed by atoms with E-state index in [1.165, 1.54) is 0 Å². The average molecular weight is 301 g/mol. The predicted octanol–water partition coefficient (Wildman–Crippen LogP) is 4.06. The summed E-state index contributed by atoms with van der Waals surface area (Å²) in [7, 11) is 0. The standard InChI is InChI=1S/C16H13ClN2O2/c1-10(17)15(20)18-12-8-6-11(7-9-12)16-19-13-4-2-3-5-14(13)21-16/h2-10H,1H3,(H,18,20). The first-order valence-electron chi connectivity index (χ1n) is 6.54. The second-order valence-electron chi connectivity index (χ2n) is 4.67. The van der Waals surface area contributed by atoms with Crippen LogP contribution < -0.4 is 5.32 Å². The summed E-state index contributed by atoms with van der Waals surface area (Å²) in [5.74, 6) is 0.325. The number of anilines is 1. The molecule has 1 atom stereocenters. The Hall–Kier alpha value is -2.33. The highest BCUT2D eigenvalue weighted by atomic mass is 35.5. The zero-order chi connectivity index (χ0) is 14.8. The lowest BCUT2D eigenvalue weighted by molar-refractivity contribution is -0.115. The minimum atomic E-state index is -0.568. The van der Waals surface area contributed by atoms with Crippen LogP contribution in [0.3, 0.4) is 0 Å². The van der Waals surface area contributed by atoms with Crippen LogP contribution in [-0.4, -0.2) is 16.3 Å². The van der Waals surface area contributed by atoms with Crippen LogP contribution in [0.1, 0.15) is 6.92 Å². The van der Waals surface area contributed by atoms with Gasteiger partial charge in [0.25, 0.3) is 0 Å². The number of para-hydroxylation sites is 2. The fourth-order valence-electron chi connectivity index (χ4n) is 1.93. The van der Waals surface area contributed by atoms with E-state index in [0.717, 1.165) is 16.7 Å². The van der Waals surface area contributed by atoms with Gasteiger partial charge >= 0.3 is 0 Å². The maximum absolute atomic E-state index is 11.5. The smallest absolute Gasteiger partial charge is 0.242 e. The van der Waals surface area contributed by atoms with E-state index in [9.17, 15) is 4.79 Å². The van der Waals surface area contributed by atoms with Gasteiger partial charge in [0, 0.05) is 11.3 Å². The van der Waals surface area contributed by atoms with Crippen molar-refractivity contribution in [3.05, 3.63) is 48.5 Å². The molecular formula is C16H13ClN2O2. The molecule has 3 aromatic rings. The lowest BCUT2D eigenvalue weighted by Crippen LogP contribution is -2.20. The summed E-state index contributed by atoms with van der Waals surface area (Å²) in [6, 6.07) is 14.9. The molecule has 0 saturated heterocycles. The number of benzene rings is 2. The van der Waals surface area contributed by atoms with Gasteiger partial charge in [0.15, 0.2) is 5.58 Å². The third-order valence-electron chi connectivity index (χ3n) is 3.05. The summed E-state index contributed by atoms with van der Waals surface area (Å²) in [4.78, 5) is 15.9. The summed E-state index contributed by atoms with van der Waals surface area (Å²) in [5.41, 5.74) is 3.11. The van der Waals surface area contributed by atoms with Crippen LogP contribution in [0, 0.1) is 0 Å². The molecule has 1 N–H and O–H groups in total. The number of oxazole rings is 1. The Kier molecular flexibility index (Phi) is 3.62. The van der Waals surface area contributed by atoms with Gasteiger partial charge in [-0.25, -0.2) is 4.98 Å². The van der Waals surface area contributed by atoms with Crippen LogP contribution in [0.4, 0.5) is 5.69 Å². The van der Waals surface area contributed by atoms with Gasteiger partial charge in [-0.15, -0.1) is 11.6 Å². The van der Waals surface area contributed by atoms with E-state index in [4.69, 9.17) is 16.0 Å². The number of nitrogens with one attached hydrogen (secondary N) is 1. The largest absolute Gasteiger partial charge is 0.436 e. The van der Waals surface area contributed by atoms with Crippen LogP contribution in [-0.2, 0) is 4.79 Å². The Morgan fingerprint density at radius 1 is 1.19 bits per heavy atom. The van der Waals surface area contributed by atoms with Crippen LogP contribution in [0.2, 0.25) is 0 Å². The summed E-state index contributed by atoms with van der Waals surface area (Å²) in [5, 5.41) is 2.16. The second-order valence-corrected chi connectivity index (χ2v) is 5.32. The van der Waals surface area contributed by atoms with E-state index in [1.54, 1.807) is 19.1 Å². The Morgan fingerprint density at radius 3 is 2.57 bits per heavy atom. The van der Waals surface area contributed by atoms with Crippen molar-refractivity contribution in [1.29, 1.82) is 0 Å². The normalized spacial score (nSPS) is 12.3. The third kappa shape index (κ3) is 2.90. The second kappa shape index (κ2) is 5.58. The van der Waals surface area contributed by atoms with Crippen LogP contribution in [0.15, 0.2) is 52.9 Å². The molecule has 0 radical (unpaired) electrons. The first-order valence-corrected chi connectivity index (χ1v) is 6.98. The number of carbonyl (C=O) groups is 1. The molecule has 1 unspecified atom stereocenters. The summed E-state index contributed by atoms with van der Waals surface area (Å²) >= 11 is 5.71. The Bertz CT molecular complexity index is 745. The molecule has 0 saturated carbocycles. The monoisotopic (exact) mass is 300 g/mol. The lowest BCUT2D eigenvalue weighted by Gasteiger charge is -2.06. The highest BCUT2D eigenvalue weighted by Crippen LogP contribution is 2.25. The van der Waals surface area contributed by atoms with Crippen molar-refractivity contribution >= 4 is 34.3 Å². The van der Waals surface area contributed by atoms with Gasteiger partial charge < -0.3 is 9.73 Å². The topological polar surface area (TPSA) is 55.1 Å². The Morgan fingerprint density at radius 2 is 1.90 bits per heavy atom. The number of hydrogen-bond donors (Lipinski definition) is 1. The summed E-state index contributed by atoms with van der Waals surface area (Å²) in [6.45, 7) is 1.63. The Labute approximate surface area is 126 Å². The molecule has 1 heterocycles. The molecular weight excluding hydrogens is 288 g/mol. The van der Waals surface area contributed by atoms with Gasteiger partial charge in [-0.1, -0.05) is 12.1 Å². The molecule has 0 aliphatic carbocycles. The Balaban J connectivity index is 1.85. The number of alkyl halides is 1. The van der Waals surface area contributed by atoms with Crippen molar-refractivity contribution in [3.8, 4) is 11.5 Å². The van der Waals surface area contributed by atoms with Crippen molar-refractivity contribution in [2.45, 2.75) is 12.3 Å². The van der Waals surface area contributed by atoms with E-state index in [-0.39, 0.29) is 5.91 Å². The van der Waals surface area contributed by atoms with Crippen molar-refractivity contribution in [2.75, 3.05) is 5.32 Å². The number of amides is 1. The van der Waals surface area contributed by atoms with Crippen molar-refractivity contribution in [1.82, 2.24) is 4.98 Å². The molecule has 0 fully saturated rings. The molecule has 1 aromatic heterocycles. The van der Waals surface area contributed by atoms with E-state index < -0.39 is 5.38 Å². The molecule has 21 heavy (non-hydrogen) atoms. The van der Waals surface area contributed by atoms with Gasteiger partial charge in [-0.2, -0.15) is 0 Å². The van der Waals surface area contributed by atoms with E-state index >= 15 is 0 Å². The van der Waals surface area contributed by atoms with Crippen LogP contribution in [0.25, 0.3) is 22.6 Å². The first-order chi connectivity index (χ1) is 10.1. The van der Waals surface area contributed by atoms with E-state index in [1.807, 2.05) is 36.4 Å². The molecule has 5 heteroatoms. The quantitative estimate of drug-likeness (QED) is 0.742. The average Bonchev–Trinajstić information content (AvgIpc) is 2.91. The zero-order valence-corrected chi connectivity index (χ0v) is 12.1. The van der Waals surface area contributed by atoms with Crippen LogP contribution in [0.5, 0.6) is 0 Å². The summed E-state index contributed by atoms with van der Waals surface area (Å²) in [6.07, 6.45) is 0. The van der Waals surface area contributed by atoms with Crippen molar-refractivity contribution < 1.29 is 9.21 Å². The SMILES string of the molecule is CC(Cl)C(=O)Nc1ccc(-c2nc3ccccc3o2)cc1. The summed E-state index contributed by atoms with van der Waals surface area (Å²) < 4.78 is 5.69. The van der Waals surface area contributed by atoms with Crippen molar-refractivity contribution in [2.24, 2.45) is 0 Å². The number of fused-ring (bicyclic) bond motifs is 1. The molecule has 0 aliphatic heterocycles. The van der Waals surface area contributed by atoms with Gasteiger partial charge in [-0.05, 0) is 43.3 Å². The molecule has 1 amide bonds. The number of hydrogen-bond acceptors (Lipinski definition) is 3. The van der Waals surface area contributed by atoms with Crippen LogP contribution >= 0.6 is 11.6 Å². The molecule has 0 bridgehead atoms. The molecule has 3 rings (SSSR count). The van der Waals surface area contributed by atoms with E-state index in [2.05, 4.69) is 10.3 Å². The van der Waals surface area contributed by atoms with Gasteiger partial charge in [0.05, 0.1) is 0 Å². The lowest BCUT2D eigenvalue weighted by atomic mass is 10.2. The van der Waals surface area contributed by atoms with E-state index in [0.29, 0.717) is 11.6 Å². The number of rotatable bonds is 3. The molecule has 106 valence electrons.